The highest BCUT2D eigenvalue weighted by Crippen LogP contribution is 2.40. The minimum Gasteiger partial charge on any atom is -0.507 e. The number of carbonyl (C=O) groups is 2. The molecule has 7 heteroatoms. The van der Waals surface area contributed by atoms with Gasteiger partial charge in [0.1, 0.15) is 28.4 Å². The maximum absolute atomic E-state index is 12.2. The van der Waals surface area contributed by atoms with E-state index < -0.39 is 5.60 Å². The molecule has 1 aliphatic rings. The smallest absolute Gasteiger partial charge is 0.257 e. The molecule has 0 saturated carbocycles. The summed E-state index contributed by atoms with van der Waals surface area (Å²) in [6.07, 6.45) is 1.08. The molecule has 0 aliphatic carbocycles. The summed E-state index contributed by atoms with van der Waals surface area (Å²) < 4.78 is 16.6. The van der Waals surface area contributed by atoms with Gasteiger partial charge >= 0.3 is 0 Å². The van der Waals surface area contributed by atoms with Gasteiger partial charge in [0.25, 0.3) is 5.91 Å². The lowest BCUT2D eigenvalue weighted by molar-refractivity contribution is -0.123. The highest BCUT2D eigenvalue weighted by Gasteiger charge is 2.34. The van der Waals surface area contributed by atoms with Crippen LogP contribution < -0.4 is 14.8 Å². The predicted octanol–water partition coefficient (Wildman–Crippen LogP) is 2.45. The summed E-state index contributed by atoms with van der Waals surface area (Å²) in [4.78, 5) is 24.0. The fraction of sp³-hybridized carbons (Fsp3) is 0.579. The van der Waals surface area contributed by atoms with E-state index in [1.165, 1.54) is 12.1 Å². The SMILES string of the molecule is CC(C)OCCCNC(=O)COc1cc(O)c2c(c1)OC(C)(C)CC2=O. The first-order chi connectivity index (χ1) is 12.2. The second-order valence-electron chi connectivity index (χ2n) is 7.19. The molecule has 1 aromatic rings. The quantitative estimate of drug-likeness (QED) is 0.687. The number of rotatable bonds is 8. The van der Waals surface area contributed by atoms with Gasteiger partial charge in [0.15, 0.2) is 12.4 Å². The van der Waals surface area contributed by atoms with Crippen molar-refractivity contribution in [3.8, 4) is 17.2 Å². The molecule has 0 fully saturated rings. The average Bonchev–Trinajstić information content (AvgIpc) is 2.50. The lowest BCUT2D eigenvalue weighted by atomic mass is 9.92. The van der Waals surface area contributed by atoms with Crippen LogP contribution in [0.25, 0.3) is 0 Å². The number of hydrogen-bond donors (Lipinski definition) is 2. The van der Waals surface area contributed by atoms with Crippen LogP contribution in [0.2, 0.25) is 0 Å². The van der Waals surface area contributed by atoms with E-state index in [1.54, 1.807) is 13.8 Å². The van der Waals surface area contributed by atoms with Crippen LogP contribution >= 0.6 is 0 Å². The second-order valence-corrected chi connectivity index (χ2v) is 7.19. The van der Waals surface area contributed by atoms with Crippen molar-refractivity contribution in [3.05, 3.63) is 17.7 Å². The fourth-order valence-electron chi connectivity index (χ4n) is 2.65. The summed E-state index contributed by atoms with van der Waals surface area (Å²) in [6.45, 7) is 8.40. The first-order valence-corrected chi connectivity index (χ1v) is 8.78. The maximum atomic E-state index is 12.2. The van der Waals surface area contributed by atoms with Crippen molar-refractivity contribution in [1.29, 1.82) is 0 Å². The molecule has 1 aromatic carbocycles. The molecule has 1 aliphatic heterocycles. The Morgan fingerprint density at radius 1 is 1.38 bits per heavy atom. The molecular formula is C19H27NO6. The third kappa shape index (κ3) is 5.62. The normalized spacial score (nSPS) is 15.3. The topological polar surface area (TPSA) is 94.1 Å². The van der Waals surface area contributed by atoms with Crippen molar-refractivity contribution < 1.29 is 28.9 Å². The zero-order valence-electron chi connectivity index (χ0n) is 15.8. The summed E-state index contributed by atoms with van der Waals surface area (Å²) in [6, 6.07) is 2.85. The molecule has 0 atom stereocenters. The molecule has 26 heavy (non-hydrogen) atoms. The van der Waals surface area contributed by atoms with E-state index in [0.717, 1.165) is 0 Å². The molecule has 0 unspecified atom stereocenters. The summed E-state index contributed by atoms with van der Waals surface area (Å²) in [5, 5.41) is 12.8. The fourth-order valence-corrected chi connectivity index (χ4v) is 2.65. The van der Waals surface area contributed by atoms with Crippen molar-refractivity contribution in [2.75, 3.05) is 19.8 Å². The van der Waals surface area contributed by atoms with Crippen LogP contribution in [0, 0.1) is 0 Å². The third-order valence-electron chi connectivity index (χ3n) is 3.77. The van der Waals surface area contributed by atoms with E-state index in [1.807, 2.05) is 13.8 Å². The number of Topliss-reactive ketones (excluding diaryl/α,β-unsaturated/α-hetero) is 1. The Bertz CT molecular complexity index is 668. The van der Waals surface area contributed by atoms with Crippen LogP contribution in [0.15, 0.2) is 12.1 Å². The number of carbonyl (C=O) groups excluding carboxylic acids is 2. The van der Waals surface area contributed by atoms with Gasteiger partial charge in [-0.3, -0.25) is 9.59 Å². The molecule has 0 aromatic heterocycles. The number of hydrogen-bond acceptors (Lipinski definition) is 6. The molecule has 2 N–H and O–H groups in total. The van der Waals surface area contributed by atoms with Gasteiger partial charge in [-0.2, -0.15) is 0 Å². The molecule has 1 amide bonds. The molecule has 0 bridgehead atoms. The highest BCUT2D eigenvalue weighted by molar-refractivity contribution is 6.03. The number of phenolic OH excluding ortho intramolecular Hbond substituents is 1. The van der Waals surface area contributed by atoms with Crippen LogP contribution in [0.4, 0.5) is 0 Å². The maximum Gasteiger partial charge on any atom is 0.257 e. The first-order valence-electron chi connectivity index (χ1n) is 8.78. The number of ketones is 1. The van der Waals surface area contributed by atoms with Crippen LogP contribution in [0.1, 0.15) is 50.9 Å². The minimum absolute atomic E-state index is 0.159. The summed E-state index contributed by atoms with van der Waals surface area (Å²) in [7, 11) is 0. The van der Waals surface area contributed by atoms with E-state index in [0.29, 0.717) is 19.6 Å². The van der Waals surface area contributed by atoms with Crippen molar-refractivity contribution >= 4 is 11.7 Å². The molecule has 1 heterocycles. The van der Waals surface area contributed by atoms with Crippen molar-refractivity contribution in [1.82, 2.24) is 5.32 Å². The zero-order chi connectivity index (χ0) is 19.3. The van der Waals surface area contributed by atoms with Gasteiger partial charge in [-0.15, -0.1) is 0 Å². The van der Waals surface area contributed by atoms with Crippen molar-refractivity contribution in [3.63, 3.8) is 0 Å². The third-order valence-corrected chi connectivity index (χ3v) is 3.77. The van der Waals surface area contributed by atoms with Gasteiger partial charge in [-0.25, -0.2) is 0 Å². The number of nitrogens with one attached hydrogen (secondary N) is 1. The Labute approximate surface area is 153 Å². The van der Waals surface area contributed by atoms with Gasteiger partial charge in [0.05, 0.1) is 12.5 Å². The number of fused-ring (bicyclic) bond motifs is 1. The Morgan fingerprint density at radius 2 is 2.12 bits per heavy atom. The standard InChI is InChI=1S/C19H27NO6/c1-12(2)24-7-5-6-20-17(23)11-25-13-8-14(21)18-15(22)10-19(3,4)26-16(18)9-13/h8-9,12,21H,5-7,10-11H2,1-4H3,(H,20,23). The van der Waals surface area contributed by atoms with Crippen molar-refractivity contribution in [2.45, 2.75) is 52.2 Å². The molecular weight excluding hydrogens is 338 g/mol. The van der Waals surface area contributed by atoms with E-state index in [9.17, 15) is 14.7 Å². The number of ether oxygens (including phenoxy) is 3. The number of benzene rings is 1. The molecule has 2 rings (SSSR count). The molecule has 0 spiro atoms. The van der Waals surface area contributed by atoms with Gasteiger partial charge in [-0.05, 0) is 34.1 Å². The van der Waals surface area contributed by atoms with Crippen LogP contribution in [-0.2, 0) is 9.53 Å². The Hall–Kier alpha value is -2.28. The summed E-state index contributed by atoms with van der Waals surface area (Å²) >= 11 is 0. The monoisotopic (exact) mass is 365 g/mol. The van der Waals surface area contributed by atoms with Gasteiger partial charge in [-0.1, -0.05) is 0 Å². The Morgan fingerprint density at radius 3 is 2.81 bits per heavy atom. The van der Waals surface area contributed by atoms with Gasteiger partial charge in [0, 0.05) is 25.3 Å². The lowest BCUT2D eigenvalue weighted by Crippen LogP contribution is -2.36. The molecule has 0 saturated heterocycles. The zero-order valence-corrected chi connectivity index (χ0v) is 15.8. The average molecular weight is 365 g/mol. The van der Waals surface area contributed by atoms with Crippen LogP contribution in [-0.4, -0.2) is 48.3 Å². The van der Waals surface area contributed by atoms with Gasteiger partial charge in [0.2, 0.25) is 0 Å². The first kappa shape index (κ1) is 20.0. The Kier molecular flexibility index (Phi) is 6.47. The number of amides is 1. The summed E-state index contributed by atoms with van der Waals surface area (Å²) in [5.74, 6) is -0.118. The summed E-state index contributed by atoms with van der Waals surface area (Å²) in [5.41, 5.74) is -0.490. The molecule has 7 nitrogen and oxygen atoms in total. The molecule has 144 valence electrons. The predicted molar refractivity (Wildman–Crippen MR) is 96.0 cm³/mol. The number of phenols is 1. The Balaban J connectivity index is 1.88. The van der Waals surface area contributed by atoms with Crippen LogP contribution in [0.5, 0.6) is 17.2 Å². The van der Waals surface area contributed by atoms with E-state index >= 15 is 0 Å². The second kappa shape index (κ2) is 8.40. The van der Waals surface area contributed by atoms with Gasteiger partial charge < -0.3 is 24.6 Å². The molecule has 0 radical (unpaired) electrons. The van der Waals surface area contributed by atoms with E-state index in [-0.39, 0.29) is 53.6 Å². The van der Waals surface area contributed by atoms with E-state index in [4.69, 9.17) is 14.2 Å². The minimum atomic E-state index is -0.648. The van der Waals surface area contributed by atoms with Crippen LogP contribution in [0.3, 0.4) is 0 Å². The highest BCUT2D eigenvalue weighted by atomic mass is 16.5. The largest absolute Gasteiger partial charge is 0.507 e. The lowest BCUT2D eigenvalue weighted by Gasteiger charge is -2.32. The van der Waals surface area contributed by atoms with E-state index in [2.05, 4.69) is 5.32 Å². The number of aromatic hydroxyl groups is 1. The van der Waals surface area contributed by atoms with Crippen molar-refractivity contribution in [2.24, 2.45) is 0 Å².